The monoisotopic (exact) mass is 278 g/mol. The fraction of sp³-hybridized carbons (Fsp3) is 0.500. The summed E-state index contributed by atoms with van der Waals surface area (Å²) in [5, 5.41) is 0. The summed E-state index contributed by atoms with van der Waals surface area (Å²) in [5.74, 6) is 0.926. The van der Waals surface area contributed by atoms with Gasteiger partial charge in [-0.2, -0.15) is 24.9 Å². The minimum Gasteiger partial charge on any atom is -0.374 e. The summed E-state index contributed by atoms with van der Waals surface area (Å²) in [6.45, 7) is 0.676. The first-order chi connectivity index (χ1) is 8.40. The molecule has 0 aliphatic carbocycles. The van der Waals surface area contributed by atoms with E-state index in [1.807, 2.05) is 18.2 Å². The summed E-state index contributed by atoms with van der Waals surface area (Å²) in [6, 6.07) is 4.11. The third-order valence-electron chi connectivity index (χ3n) is 2.69. The van der Waals surface area contributed by atoms with Crippen molar-refractivity contribution in [3.8, 4) is 0 Å². The van der Waals surface area contributed by atoms with Gasteiger partial charge in [0.15, 0.2) is 0 Å². The van der Waals surface area contributed by atoms with Crippen LogP contribution in [0.2, 0.25) is 0 Å². The Kier molecular flexibility index (Phi) is 5.34. The molecule has 6 heteroatoms. The Morgan fingerprint density at radius 1 is 1.33 bits per heavy atom. The highest BCUT2D eigenvalue weighted by atomic mass is 32.2. The maximum Gasteiger partial charge on any atom is 0.416 e. The predicted molar refractivity (Wildman–Crippen MR) is 71.0 cm³/mol. The molecule has 2 N–H and O–H groups in total. The number of hydrogen-bond acceptors (Lipinski definition) is 3. The highest BCUT2D eigenvalue weighted by Gasteiger charge is 2.32. The van der Waals surface area contributed by atoms with Gasteiger partial charge >= 0.3 is 6.18 Å². The van der Waals surface area contributed by atoms with Gasteiger partial charge in [0.05, 0.1) is 5.56 Å². The number of alkyl halides is 3. The van der Waals surface area contributed by atoms with E-state index in [1.54, 1.807) is 11.8 Å². The smallest absolute Gasteiger partial charge is 0.374 e. The Morgan fingerprint density at radius 2 is 2.00 bits per heavy atom. The number of hydrogen-bond donors (Lipinski definition) is 1. The first-order valence-electron chi connectivity index (χ1n) is 5.50. The van der Waals surface area contributed by atoms with Gasteiger partial charge in [-0.05, 0) is 30.0 Å². The SMILES string of the molecule is CSCCN(C)c1ccc(C(F)(F)F)c(CN)c1. The molecule has 1 aromatic carbocycles. The van der Waals surface area contributed by atoms with Crippen LogP contribution >= 0.6 is 11.8 Å². The topological polar surface area (TPSA) is 29.3 Å². The van der Waals surface area contributed by atoms with Crippen molar-refractivity contribution in [2.45, 2.75) is 12.7 Å². The standard InChI is InChI=1S/C12H17F3N2S/c1-17(5-6-18-2)10-3-4-11(12(13,14)15)9(7-10)8-16/h3-4,7H,5-6,8,16H2,1-2H3. The number of nitrogens with zero attached hydrogens (tertiary/aromatic N) is 1. The summed E-state index contributed by atoms with van der Waals surface area (Å²) < 4.78 is 38.1. The van der Waals surface area contributed by atoms with E-state index in [0.717, 1.165) is 24.1 Å². The molecule has 0 spiro atoms. The van der Waals surface area contributed by atoms with Crippen molar-refractivity contribution in [2.75, 3.05) is 30.5 Å². The highest BCUT2D eigenvalue weighted by molar-refractivity contribution is 7.98. The fourth-order valence-electron chi connectivity index (χ4n) is 1.62. The number of halogens is 3. The molecule has 0 radical (unpaired) electrons. The molecule has 0 atom stereocenters. The molecule has 2 nitrogen and oxygen atoms in total. The zero-order chi connectivity index (χ0) is 13.8. The van der Waals surface area contributed by atoms with Crippen molar-refractivity contribution in [1.29, 1.82) is 0 Å². The first-order valence-corrected chi connectivity index (χ1v) is 6.89. The molecule has 0 unspecified atom stereocenters. The van der Waals surface area contributed by atoms with E-state index in [-0.39, 0.29) is 12.1 Å². The first kappa shape index (κ1) is 15.2. The van der Waals surface area contributed by atoms with E-state index in [4.69, 9.17) is 5.73 Å². The molecule has 102 valence electrons. The summed E-state index contributed by atoms with van der Waals surface area (Å²) in [5.41, 5.74) is 5.64. The van der Waals surface area contributed by atoms with Crippen LogP contribution in [0, 0.1) is 0 Å². The van der Waals surface area contributed by atoms with Gasteiger partial charge < -0.3 is 10.6 Å². The molecule has 0 saturated carbocycles. The lowest BCUT2D eigenvalue weighted by Crippen LogP contribution is -2.21. The van der Waals surface area contributed by atoms with E-state index >= 15 is 0 Å². The number of benzene rings is 1. The molecule has 0 aliphatic heterocycles. The summed E-state index contributed by atoms with van der Waals surface area (Å²) in [4.78, 5) is 1.93. The van der Waals surface area contributed by atoms with Gasteiger partial charge in [-0.25, -0.2) is 0 Å². The number of anilines is 1. The van der Waals surface area contributed by atoms with Crippen molar-refractivity contribution in [2.24, 2.45) is 5.73 Å². The minimum absolute atomic E-state index is 0.112. The van der Waals surface area contributed by atoms with Crippen LogP contribution < -0.4 is 10.6 Å². The largest absolute Gasteiger partial charge is 0.416 e. The Labute approximate surface area is 109 Å². The second-order valence-electron chi connectivity index (χ2n) is 3.96. The number of nitrogens with two attached hydrogens (primary N) is 1. The van der Waals surface area contributed by atoms with Crippen molar-refractivity contribution in [3.05, 3.63) is 29.3 Å². The van der Waals surface area contributed by atoms with E-state index in [2.05, 4.69) is 0 Å². The Hall–Kier alpha value is -0.880. The molecular formula is C12H17F3N2S. The van der Waals surface area contributed by atoms with Gasteiger partial charge in [0.2, 0.25) is 0 Å². The molecule has 0 amide bonds. The molecule has 1 aromatic rings. The van der Waals surface area contributed by atoms with E-state index in [9.17, 15) is 13.2 Å². The molecule has 18 heavy (non-hydrogen) atoms. The molecule has 1 rings (SSSR count). The average molecular weight is 278 g/mol. The predicted octanol–water partition coefficient (Wildman–Crippen LogP) is 2.96. The Bertz CT molecular complexity index is 393. The van der Waals surface area contributed by atoms with Crippen LogP contribution in [0.5, 0.6) is 0 Å². The van der Waals surface area contributed by atoms with Gasteiger partial charge in [0, 0.05) is 31.6 Å². The zero-order valence-corrected chi connectivity index (χ0v) is 11.2. The third-order valence-corrected chi connectivity index (χ3v) is 3.28. The van der Waals surface area contributed by atoms with Crippen LogP contribution in [-0.4, -0.2) is 25.6 Å². The Balaban J connectivity index is 2.98. The van der Waals surface area contributed by atoms with E-state index in [0.29, 0.717) is 0 Å². The molecule has 0 aliphatic rings. The maximum atomic E-state index is 12.7. The van der Waals surface area contributed by atoms with E-state index in [1.165, 1.54) is 12.1 Å². The quantitative estimate of drug-likeness (QED) is 0.898. The maximum absolute atomic E-state index is 12.7. The number of rotatable bonds is 5. The van der Waals surface area contributed by atoms with Crippen LogP contribution in [0.15, 0.2) is 18.2 Å². The van der Waals surface area contributed by atoms with Crippen molar-refractivity contribution in [1.82, 2.24) is 0 Å². The summed E-state index contributed by atoms with van der Waals surface area (Å²) in [7, 11) is 1.86. The van der Waals surface area contributed by atoms with E-state index < -0.39 is 11.7 Å². The van der Waals surface area contributed by atoms with Crippen LogP contribution in [0.1, 0.15) is 11.1 Å². The molecule has 0 fully saturated rings. The van der Waals surface area contributed by atoms with Crippen molar-refractivity contribution >= 4 is 17.4 Å². The Morgan fingerprint density at radius 3 is 2.50 bits per heavy atom. The van der Waals surface area contributed by atoms with Gasteiger partial charge in [0.25, 0.3) is 0 Å². The average Bonchev–Trinajstić information content (AvgIpc) is 2.33. The molecule has 0 bridgehead atoms. The second kappa shape index (κ2) is 6.33. The van der Waals surface area contributed by atoms with Crippen LogP contribution in [-0.2, 0) is 12.7 Å². The lowest BCUT2D eigenvalue weighted by Gasteiger charge is -2.21. The normalized spacial score (nSPS) is 11.7. The minimum atomic E-state index is -4.34. The highest BCUT2D eigenvalue weighted by Crippen LogP contribution is 2.33. The zero-order valence-electron chi connectivity index (χ0n) is 10.4. The van der Waals surface area contributed by atoms with Crippen molar-refractivity contribution in [3.63, 3.8) is 0 Å². The van der Waals surface area contributed by atoms with Crippen LogP contribution in [0.3, 0.4) is 0 Å². The second-order valence-corrected chi connectivity index (χ2v) is 4.94. The van der Waals surface area contributed by atoms with Gasteiger partial charge in [0.1, 0.15) is 0 Å². The molecular weight excluding hydrogens is 261 g/mol. The fourth-order valence-corrected chi connectivity index (χ4v) is 2.08. The van der Waals surface area contributed by atoms with Crippen molar-refractivity contribution < 1.29 is 13.2 Å². The lowest BCUT2D eigenvalue weighted by atomic mass is 10.1. The molecule has 0 heterocycles. The lowest BCUT2D eigenvalue weighted by molar-refractivity contribution is -0.138. The van der Waals surface area contributed by atoms with Crippen LogP contribution in [0.25, 0.3) is 0 Å². The molecule has 0 aromatic heterocycles. The summed E-state index contributed by atoms with van der Waals surface area (Å²) in [6.07, 6.45) is -2.35. The number of thioether (sulfide) groups is 1. The van der Waals surface area contributed by atoms with Gasteiger partial charge in [-0.15, -0.1) is 0 Å². The van der Waals surface area contributed by atoms with Gasteiger partial charge in [-0.1, -0.05) is 0 Å². The summed E-state index contributed by atoms with van der Waals surface area (Å²) >= 11 is 1.70. The third kappa shape index (κ3) is 3.81. The van der Waals surface area contributed by atoms with Crippen LogP contribution in [0.4, 0.5) is 18.9 Å². The molecule has 0 saturated heterocycles. The van der Waals surface area contributed by atoms with Gasteiger partial charge in [-0.3, -0.25) is 0 Å².